The van der Waals surface area contributed by atoms with Crippen molar-refractivity contribution in [2.24, 2.45) is 5.92 Å². The summed E-state index contributed by atoms with van der Waals surface area (Å²) in [6.45, 7) is 1.25. The molecule has 0 bridgehead atoms. The van der Waals surface area contributed by atoms with Crippen LogP contribution in [0.2, 0.25) is 0 Å². The number of nitro benzene ring substituents is 1. The molecule has 1 saturated heterocycles. The van der Waals surface area contributed by atoms with Crippen molar-refractivity contribution < 1.29 is 27.6 Å². The van der Waals surface area contributed by atoms with Crippen molar-refractivity contribution in [3.8, 4) is 5.75 Å². The molecule has 1 aromatic rings. The molecule has 1 aliphatic rings. The average Bonchev–Trinajstić information content (AvgIpc) is 2.45. The van der Waals surface area contributed by atoms with E-state index >= 15 is 0 Å². The van der Waals surface area contributed by atoms with Gasteiger partial charge >= 0.3 is 11.9 Å². The van der Waals surface area contributed by atoms with Crippen LogP contribution in [-0.4, -0.2) is 24.7 Å². The number of halogens is 4. The van der Waals surface area contributed by atoms with E-state index in [9.17, 15) is 23.3 Å². The lowest BCUT2D eigenvalue weighted by molar-refractivity contribution is -0.386. The number of hydrogen-bond donors (Lipinski definition) is 0. The molecular formula is C13H13BrF3NO4. The van der Waals surface area contributed by atoms with Crippen molar-refractivity contribution in [2.45, 2.75) is 19.0 Å². The Bertz CT molecular complexity index is 559. The van der Waals surface area contributed by atoms with E-state index < -0.39 is 22.4 Å². The summed E-state index contributed by atoms with van der Waals surface area (Å²) in [4.78, 5) is 10.2. The van der Waals surface area contributed by atoms with E-state index in [1.807, 2.05) is 0 Å². The van der Waals surface area contributed by atoms with Crippen molar-refractivity contribution in [1.82, 2.24) is 0 Å². The Kier molecular flexibility index (Phi) is 5.28. The van der Waals surface area contributed by atoms with Gasteiger partial charge in [-0.05, 0) is 34.7 Å². The molecule has 1 aliphatic heterocycles. The maximum Gasteiger partial charge on any atom is 0.417 e. The minimum Gasteiger partial charge on any atom is -0.487 e. The summed E-state index contributed by atoms with van der Waals surface area (Å²) in [7, 11) is 0. The first kappa shape index (κ1) is 17.0. The predicted molar refractivity (Wildman–Crippen MR) is 74.8 cm³/mol. The summed E-state index contributed by atoms with van der Waals surface area (Å²) in [6.07, 6.45) is -3.18. The fourth-order valence-electron chi connectivity index (χ4n) is 2.14. The topological polar surface area (TPSA) is 61.6 Å². The van der Waals surface area contributed by atoms with E-state index in [4.69, 9.17) is 9.47 Å². The lowest BCUT2D eigenvalue weighted by Crippen LogP contribution is -2.21. The fourth-order valence-corrected chi connectivity index (χ4v) is 2.70. The molecule has 0 amide bonds. The van der Waals surface area contributed by atoms with E-state index in [0.29, 0.717) is 19.3 Å². The fraction of sp³-hybridized carbons (Fsp3) is 0.538. The summed E-state index contributed by atoms with van der Waals surface area (Å²) in [5.41, 5.74) is -1.49. The average molecular weight is 384 g/mol. The van der Waals surface area contributed by atoms with Crippen LogP contribution in [0.15, 0.2) is 16.6 Å². The summed E-state index contributed by atoms with van der Waals surface area (Å²) in [5.74, 6) is -0.252. The number of nitrogens with zero attached hydrogens (tertiary/aromatic N) is 1. The third-order valence-corrected chi connectivity index (χ3v) is 4.02. The van der Waals surface area contributed by atoms with Crippen LogP contribution in [-0.2, 0) is 10.9 Å². The summed E-state index contributed by atoms with van der Waals surface area (Å²) in [5, 5.41) is 11.0. The van der Waals surface area contributed by atoms with Gasteiger partial charge in [-0.3, -0.25) is 10.1 Å². The first-order valence-corrected chi connectivity index (χ1v) is 7.34. The third-order valence-electron chi connectivity index (χ3n) is 3.37. The Morgan fingerprint density at radius 3 is 2.55 bits per heavy atom. The van der Waals surface area contributed by atoms with Crippen LogP contribution in [0.4, 0.5) is 18.9 Å². The highest BCUT2D eigenvalue weighted by molar-refractivity contribution is 9.10. The highest BCUT2D eigenvalue weighted by atomic mass is 79.9. The number of hydrogen-bond acceptors (Lipinski definition) is 4. The van der Waals surface area contributed by atoms with Gasteiger partial charge in [0.25, 0.3) is 0 Å². The second-order valence-electron chi connectivity index (χ2n) is 4.92. The van der Waals surface area contributed by atoms with Gasteiger partial charge in [-0.25, -0.2) is 0 Å². The van der Waals surface area contributed by atoms with E-state index in [0.717, 1.165) is 18.9 Å². The van der Waals surface area contributed by atoms with Crippen LogP contribution in [0.3, 0.4) is 0 Å². The van der Waals surface area contributed by atoms with Gasteiger partial charge in [-0.2, -0.15) is 13.2 Å². The third kappa shape index (κ3) is 4.10. The molecule has 0 aliphatic carbocycles. The van der Waals surface area contributed by atoms with Crippen LogP contribution in [0.5, 0.6) is 5.75 Å². The molecule has 0 atom stereocenters. The van der Waals surface area contributed by atoms with Gasteiger partial charge in [0.15, 0.2) is 5.75 Å². The van der Waals surface area contributed by atoms with E-state index in [2.05, 4.69) is 15.9 Å². The molecule has 9 heteroatoms. The maximum absolute atomic E-state index is 12.9. The molecular weight excluding hydrogens is 371 g/mol. The zero-order valence-corrected chi connectivity index (χ0v) is 12.9. The molecule has 5 nitrogen and oxygen atoms in total. The van der Waals surface area contributed by atoms with Gasteiger partial charge in [0, 0.05) is 29.8 Å². The first-order chi connectivity index (χ1) is 10.3. The number of nitro groups is 1. The lowest BCUT2D eigenvalue weighted by atomic mass is 10.0. The lowest BCUT2D eigenvalue weighted by Gasteiger charge is -2.22. The smallest absolute Gasteiger partial charge is 0.417 e. The van der Waals surface area contributed by atoms with Crippen LogP contribution in [0.25, 0.3) is 0 Å². The van der Waals surface area contributed by atoms with Crippen molar-refractivity contribution in [1.29, 1.82) is 0 Å². The summed E-state index contributed by atoms with van der Waals surface area (Å²) < 4.78 is 48.8. The standard InChI is InChI=1S/C13H13BrF3NO4/c14-10-6-11(18(19)20)12(5-9(10)13(15,16)17)22-7-8-1-3-21-4-2-8/h5-6,8H,1-4,7H2. The SMILES string of the molecule is O=[N+]([O-])c1cc(Br)c(C(F)(F)F)cc1OCC1CCOCC1. The Labute approximate surface area is 132 Å². The van der Waals surface area contributed by atoms with Crippen LogP contribution in [0.1, 0.15) is 18.4 Å². The molecule has 1 aromatic carbocycles. The van der Waals surface area contributed by atoms with Gasteiger partial charge in [0.1, 0.15) is 0 Å². The zero-order chi connectivity index (χ0) is 16.3. The number of ether oxygens (including phenoxy) is 2. The normalized spacial score (nSPS) is 16.5. The van der Waals surface area contributed by atoms with Crippen molar-refractivity contribution in [3.63, 3.8) is 0 Å². The molecule has 122 valence electrons. The first-order valence-electron chi connectivity index (χ1n) is 6.54. The second kappa shape index (κ2) is 6.82. The highest BCUT2D eigenvalue weighted by Crippen LogP contribution is 2.41. The van der Waals surface area contributed by atoms with Crippen LogP contribution >= 0.6 is 15.9 Å². The monoisotopic (exact) mass is 383 g/mol. The minimum absolute atomic E-state index is 0.117. The molecule has 0 unspecified atom stereocenters. The number of rotatable bonds is 4. The molecule has 0 spiro atoms. The van der Waals surface area contributed by atoms with Crippen molar-refractivity contribution >= 4 is 21.6 Å². The quantitative estimate of drug-likeness (QED) is 0.577. The molecule has 0 saturated carbocycles. The second-order valence-corrected chi connectivity index (χ2v) is 5.78. The van der Waals surface area contributed by atoms with Gasteiger partial charge in [0.05, 0.1) is 17.1 Å². The largest absolute Gasteiger partial charge is 0.487 e. The van der Waals surface area contributed by atoms with Crippen molar-refractivity contribution in [2.75, 3.05) is 19.8 Å². The molecule has 1 heterocycles. The number of alkyl halides is 3. The zero-order valence-electron chi connectivity index (χ0n) is 11.4. The van der Waals surface area contributed by atoms with Crippen LogP contribution < -0.4 is 4.74 Å². The molecule has 1 fully saturated rings. The highest BCUT2D eigenvalue weighted by Gasteiger charge is 2.36. The Morgan fingerprint density at radius 2 is 2.00 bits per heavy atom. The van der Waals surface area contributed by atoms with Gasteiger partial charge in [-0.1, -0.05) is 0 Å². The predicted octanol–water partition coefficient (Wildman–Crippen LogP) is 4.18. The van der Waals surface area contributed by atoms with Gasteiger partial charge in [0.2, 0.25) is 0 Å². The van der Waals surface area contributed by atoms with Crippen LogP contribution in [0, 0.1) is 16.0 Å². The van der Waals surface area contributed by atoms with E-state index in [-0.39, 0.29) is 22.7 Å². The van der Waals surface area contributed by atoms with Gasteiger partial charge < -0.3 is 9.47 Å². The number of benzene rings is 1. The molecule has 0 radical (unpaired) electrons. The van der Waals surface area contributed by atoms with Crippen molar-refractivity contribution in [3.05, 3.63) is 32.3 Å². The Balaban J connectivity index is 2.24. The van der Waals surface area contributed by atoms with E-state index in [1.54, 1.807) is 0 Å². The molecule has 0 N–H and O–H groups in total. The van der Waals surface area contributed by atoms with Gasteiger partial charge in [-0.15, -0.1) is 0 Å². The summed E-state index contributed by atoms with van der Waals surface area (Å²) >= 11 is 2.72. The Hall–Kier alpha value is -1.35. The minimum atomic E-state index is -4.62. The van der Waals surface area contributed by atoms with E-state index in [1.165, 1.54) is 0 Å². The maximum atomic E-state index is 12.9. The molecule has 0 aromatic heterocycles. The Morgan fingerprint density at radius 1 is 1.36 bits per heavy atom. The summed E-state index contributed by atoms with van der Waals surface area (Å²) in [6, 6.07) is 1.49. The molecule has 2 rings (SSSR count). The molecule has 22 heavy (non-hydrogen) atoms.